The van der Waals surface area contributed by atoms with E-state index in [2.05, 4.69) is 59.6 Å². The summed E-state index contributed by atoms with van der Waals surface area (Å²) in [6, 6.07) is 6.21. The van der Waals surface area contributed by atoms with E-state index in [0.717, 1.165) is 34.2 Å². The van der Waals surface area contributed by atoms with Gasteiger partial charge in [-0.15, -0.1) is 0 Å². The molecule has 3 nitrogen and oxygen atoms in total. The van der Waals surface area contributed by atoms with Crippen LogP contribution in [0.1, 0.15) is 32.5 Å². The average molecular weight is 310 g/mol. The van der Waals surface area contributed by atoms with Crippen molar-refractivity contribution in [3.05, 3.63) is 28.5 Å². The van der Waals surface area contributed by atoms with Crippen molar-refractivity contribution in [2.75, 3.05) is 6.54 Å². The van der Waals surface area contributed by atoms with Crippen LogP contribution in [0, 0.1) is 0 Å². The van der Waals surface area contributed by atoms with E-state index in [9.17, 15) is 0 Å². The van der Waals surface area contributed by atoms with Gasteiger partial charge in [0.1, 0.15) is 5.82 Å². The second-order valence-electron chi connectivity index (χ2n) is 4.82. The number of halogens is 1. The van der Waals surface area contributed by atoms with Gasteiger partial charge in [0.2, 0.25) is 0 Å². The molecule has 0 aliphatic rings. The zero-order valence-electron chi connectivity index (χ0n) is 11.2. The van der Waals surface area contributed by atoms with Crippen molar-refractivity contribution < 1.29 is 0 Å². The van der Waals surface area contributed by atoms with Crippen molar-refractivity contribution in [3.63, 3.8) is 0 Å². The Balaban J connectivity index is 2.67. The van der Waals surface area contributed by atoms with E-state index in [1.54, 1.807) is 0 Å². The highest BCUT2D eigenvalue weighted by atomic mass is 79.9. The SMILES string of the molecule is CCC(CC)(CN)c1nc2cc(Br)ccc2n1C. The van der Waals surface area contributed by atoms with Gasteiger partial charge in [-0.3, -0.25) is 0 Å². The maximum atomic E-state index is 6.02. The summed E-state index contributed by atoms with van der Waals surface area (Å²) in [7, 11) is 2.08. The molecule has 1 heterocycles. The lowest BCUT2D eigenvalue weighted by molar-refractivity contribution is 0.374. The van der Waals surface area contributed by atoms with Crippen LogP contribution in [0.15, 0.2) is 22.7 Å². The first-order chi connectivity index (χ1) is 8.57. The van der Waals surface area contributed by atoms with Gasteiger partial charge >= 0.3 is 0 Å². The van der Waals surface area contributed by atoms with Crippen molar-refractivity contribution in [1.82, 2.24) is 9.55 Å². The molecule has 0 radical (unpaired) electrons. The molecular formula is C14H20BrN3. The zero-order valence-corrected chi connectivity index (χ0v) is 12.8. The summed E-state index contributed by atoms with van der Waals surface area (Å²) in [4.78, 5) is 4.81. The average Bonchev–Trinajstić information content (AvgIpc) is 2.70. The van der Waals surface area contributed by atoms with Crippen LogP contribution in [-0.4, -0.2) is 16.1 Å². The van der Waals surface area contributed by atoms with E-state index in [1.165, 1.54) is 0 Å². The summed E-state index contributed by atoms with van der Waals surface area (Å²) in [6.45, 7) is 5.01. The highest BCUT2D eigenvalue weighted by Crippen LogP contribution is 2.32. The molecule has 0 spiro atoms. The van der Waals surface area contributed by atoms with Crippen LogP contribution in [0.4, 0.5) is 0 Å². The van der Waals surface area contributed by atoms with Crippen LogP contribution in [-0.2, 0) is 12.5 Å². The fourth-order valence-electron chi connectivity index (χ4n) is 2.59. The number of nitrogens with two attached hydrogens (primary N) is 1. The van der Waals surface area contributed by atoms with Crippen LogP contribution >= 0.6 is 15.9 Å². The molecule has 0 saturated carbocycles. The van der Waals surface area contributed by atoms with Gasteiger partial charge in [0.15, 0.2) is 0 Å². The molecule has 2 rings (SSSR count). The van der Waals surface area contributed by atoms with E-state index in [1.807, 2.05) is 0 Å². The largest absolute Gasteiger partial charge is 0.331 e. The second-order valence-corrected chi connectivity index (χ2v) is 5.73. The summed E-state index contributed by atoms with van der Waals surface area (Å²) in [5.74, 6) is 1.10. The Bertz CT molecular complexity index is 547. The molecule has 98 valence electrons. The summed E-state index contributed by atoms with van der Waals surface area (Å²) >= 11 is 3.49. The van der Waals surface area contributed by atoms with Gasteiger partial charge in [-0.1, -0.05) is 29.8 Å². The minimum atomic E-state index is -0.0136. The van der Waals surface area contributed by atoms with Gasteiger partial charge in [0.25, 0.3) is 0 Å². The Morgan fingerprint density at radius 1 is 1.33 bits per heavy atom. The molecule has 1 aromatic carbocycles. The normalized spacial score (nSPS) is 12.3. The maximum absolute atomic E-state index is 6.02. The predicted octanol–water partition coefficient (Wildman–Crippen LogP) is 3.35. The summed E-state index contributed by atoms with van der Waals surface area (Å²) < 4.78 is 3.24. The Hall–Kier alpha value is -0.870. The fraction of sp³-hybridized carbons (Fsp3) is 0.500. The monoisotopic (exact) mass is 309 g/mol. The molecule has 0 unspecified atom stereocenters. The molecule has 4 heteroatoms. The molecule has 0 atom stereocenters. The Morgan fingerprint density at radius 3 is 2.56 bits per heavy atom. The molecule has 0 amide bonds. The molecule has 0 fully saturated rings. The lowest BCUT2D eigenvalue weighted by Crippen LogP contribution is -2.36. The number of imidazole rings is 1. The van der Waals surface area contributed by atoms with Crippen LogP contribution < -0.4 is 5.73 Å². The maximum Gasteiger partial charge on any atom is 0.117 e. The number of hydrogen-bond donors (Lipinski definition) is 1. The Labute approximate surface area is 117 Å². The first-order valence-electron chi connectivity index (χ1n) is 6.40. The Morgan fingerprint density at radius 2 is 2.00 bits per heavy atom. The van der Waals surface area contributed by atoms with Crippen molar-refractivity contribution >= 4 is 27.0 Å². The topological polar surface area (TPSA) is 43.8 Å². The summed E-state index contributed by atoms with van der Waals surface area (Å²) in [5, 5.41) is 0. The van der Waals surface area contributed by atoms with Crippen molar-refractivity contribution in [2.45, 2.75) is 32.1 Å². The molecule has 0 aliphatic heterocycles. The van der Waals surface area contributed by atoms with Gasteiger partial charge in [-0.25, -0.2) is 4.98 Å². The van der Waals surface area contributed by atoms with E-state index >= 15 is 0 Å². The summed E-state index contributed by atoms with van der Waals surface area (Å²) in [6.07, 6.45) is 2.02. The number of hydrogen-bond acceptors (Lipinski definition) is 2. The first kappa shape index (κ1) is 13.6. The third-order valence-electron chi connectivity index (χ3n) is 4.06. The summed E-state index contributed by atoms with van der Waals surface area (Å²) in [5.41, 5.74) is 8.19. The lowest BCUT2D eigenvalue weighted by Gasteiger charge is -2.29. The molecule has 0 bridgehead atoms. The number of benzene rings is 1. The van der Waals surface area contributed by atoms with Gasteiger partial charge in [-0.05, 0) is 31.0 Å². The van der Waals surface area contributed by atoms with Crippen LogP contribution in [0.25, 0.3) is 11.0 Å². The zero-order chi connectivity index (χ0) is 13.3. The fourth-order valence-corrected chi connectivity index (χ4v) is 2.94. The molecule has 2 aromatic rings. The van der Waals surface area contributed by atoms with E-state index in [0.29, 0.717) is 6.54 Å². The number of fused-ring (bicyclic) bond motifs is 1. The van der Waals surface area contributed by atoms with E-state index in [-0.39, 0.29) is 5.41 Å². The van der Waals surface area contributed by atoms with Crippen molar-refractivity contribution in [3.8, 4) is 0 Å². The van der Waals surface area contributed by atoms with Crippen LogP contribution in [0.2, 0.25) is 0 Å². The van der Waals surface area contributed by atoms with Gasteiger partial charge < -0.3 is 10.3 Å². The quantitative estimate of drug-likeness (QED) is 0.941. The molecular weight excluding hydrogens is 290 g/mol. The van der Waals surface area contributed by atoms with Crippen molar-refractivity contribution in [1.29, 1.82) is 0 Å². The Kier molecular flexibility index (Phi) is 3.78. The van der Waals surface area contributed by atoms with Gasteiger partial charge in [0, 0.05) is 23.5 Å². The molecule has 18 heavy (non-hydrogen) atoms. The lowest BCUT2D eigenvalue weighted by atomic mass is 9.81. The van der Waals surface area contributed by atoms with Crippen molar-refractivity contribution in [2.24, 2.45) is 12.8 Å². The standard InChI is InChI=1S/C14H20BrN3/c1-4-14(5-2,9-16)13-17-11-8-10(15)6-7-12(11)18(13)3/h6-8H,4-5,9,16H2,1-3H3. The highest BCUT2D eigenvalue weighted by molar-refractivity contribution is 9.10. The first-order valence-corrected chi connectivity index (χ1v) is 7.19. The number of aromatic nitrogens is 2. The van der Waals surface area contributed by atoms with Gasteiger partial charge in [-0.2, -0.15) is 0 Å². The number of rotatable bonds is 4. The number of nitrogens with zero attached hydrogens (tertiary/aromatic N) is 2. The number of aryl methyl sites for hydroxylation is 1. The van der Waals surface area contributed by atoms with Crippen LogP contribution in [0.3, 0.4) is 0 Å². The second kappa shape index (κ2) is 5.02. The third kappa shape index (κ3) is 1.97. The third-order valence-corrected chi connectivity index (χ3v) is 4.55. The predicted molar refractivity (Wildman–Crippen MR) is 79.7 cm³/mol. The van der Waals surface area contributed by atoms with E-state index in [4.69, 9.17) is 10.7 Å². The molecule has 1 aromatic heterocycles. The minimum absolute atomic E-state index is 0.0136. The smallest absolute Gasteiger partial charge is 0.117 e. The van der Waals surface area contributed by atoms with E-state index < -0.39 is 0 Å². The van der Waals surface area contributed by atoms with Crippen LogP contribution in [0.5, 0.6) is 0 Å². The van der Waals surface area contributed by atoms with Gasteiger partial charge in [0.05, 0.1) is 11.0 Å². The molecule has 0 aliphatic carbocycles. The molecule has 0 saturated heterocycles. The highest BCUT2D eigenvalue weighted by Gasteiger charge is 2.31. The minimum Gasteiger partial charge on any atom is -0.331 e. The molecule has 2 N–H and O–H groups in total.